The molecule has 2 amide bonds. The highest BCUT2D eigenvalue weighted by atomic mass is 32.5. The number of hydrogen-bond donors (Lipinski definition) is 4. The molecule has 28 nitrogen and oxygen atoms in total. The summed E-state index contributed by atoms with van der Waals surface area (Å²) in [6.45, 7) is 7.25. The second-order valence-electron chi connectivity index (χ2n) is 24.3. The van der Waals surface area contributed by atoms with Gasteiger partial charge in [0.1, 0.15) is 47.8 Å². The van der Waals surface area contributed by atoms with Crippen LogP contribution in [0.5, 0.6) is 11.5 Å². The van der Waals surface area contributed by atoms with Crippen molar-refractivity contribution in [3.05, 3.63) is 185 Å². The van der Waals surface area contributed by atoms with Crippen LogP contribution < -0.4 is 25.7 Å². The lowest BCUT2D eigenvalue weighted by Gasteiger charge is -2.40. The highest BCUT2D eigenvalue weighted by Crippen LogP contribution is 2.56. The number of anilines is 2. The fourth-order valence-electron chi connectivity index (χ4n) is 10.5. The van der Waals surface area contributed by atoms with E-state index in [1.165, 1.54) is 10.9 Å². The standard InChI is InChI=1S/C60H67FN12O15P2SSi.C5H5N/c1-35(2)53(74)68-58-67-52-46(55(76)69-58)65-34-72(52)57-49(86-89(77)78)48(88-92(8,9)59(3,4)5)43(85-57)32-83-90(91,82-30-16-29-62)87-47-42(84-56(44(47)61)73-51-45(70-71-73)50(63-33-64-51)66-54(75)36-17-12-10-13-18-36)31-81-60(37-19-14-11-15-20-37,38-21-25-40(79-6)26-22-38)39-23-27-41(80-7)28-24-39;1-2-4-6-5-3-1/h10-15,17-28,33-35,42-44,47-49,56-57H,16,30-32H2,1-9H3,(H3-,63,64,66,67,68,69,71,74,75,76,77,78);1-5H/p+1/t42-,43-,44+,47-,48-,49+,56-,57-,90?;/m1./s1. The van der Waals surface area contributed by atoms with Gasteiger partial charge in [-0.25, -0.2) is 19.3 Å². The van der Waals surface area contributed by atoms with Gasteiger partial charge in [-0.2, -0.15) is 14.9 Å². The first-order valence-corrected chi connectivity index (χ1v) is 37.5. The molecule has 0 radical (unpaired) electrons. The van der Waals surface area contributed by atoms with E-state index in [1.807, 2.05) is 113 Å². The molecule has 9 aromatic rings. The van der Waals surface area contributed by atoms with Gasteiger partial charge in [0.25, 0.3) is 11.5 Å². The molecule has 4 N–H and O–H groups in total. The Morgan fingerprint density at radius 3 is 2.00 bits per heavy atom. The van der Waals surface area contributed by atoms with E-state index in [-0.39, 0.29) is 47.1 Å². The number of aromatic nitrogens is 10. The largest absolute Gasteiger partial charge is 0.695 e. The van der Waals surface area contributed by atoms with Crippen molar-refractivity contribution in [2.45, 2.75) is 114 Å². The van der Waals surface area contributed by atoms with Gasteiger partial charge in [-0.1, -0.05) is 119 Å². The van der Waals surface area contributed by atoms with Crippen LogP contribution in [0.25, 0.3) is 22.3 Å². The minimum absolute atomic E-state index is 0.0119. The molecule has 98 heavy (non-hydrogen) atoms. The average Bonchev–Trinajstić information content (AvgIpc) is 1.41. The van der Waals surface area contributed by atoms with Gasteiger partial charge >= 0.3 is 15.0 Å². The molecule has 514 valence electrons. The van der Waals surface area contributed by atoms with E-state index in [0.717, 1.165) is 11.0 Å². The number of nitriles is 1. The summed E-state index contributed by atoms with van der Waals surface area (Å²) < 4.78 is 98.2. The molecule has 2 aliphatic rings. The lowest BCUT2D eigenvalue weighted by molar-refractivity contribution is -0.118. The fraction of sp³-hybridized carbons (Fsp3) is 0.369. The predicted molar refractivity (Wildman–Crippen MR) is 362 cm³/mol. The number of imidazole rings is 1. The summed E-state index contributed by atoms with van der Waals surface area (Å²) in [6, 6.07) is 39.9. The second kappa shape index (κ2) is 31.5. The summed E-state index contributed by atoms with van der Waals surface area (Å²) in [7, 11) is -3.25. The van der Waals surface area contributed by atoms with Crippen molar-refractivity contribution in [2.24, 2.45) is 5.92 Å². The van der Waals surface area contributed by atoms with Crippen molar-refractivity contribution in [3.8, 4) is 17.6 Å². The first-order chi connectivity index (χ1) is 47.0. The van der Waals surface area contributed by atoms with E-state index < -0.39 is 120 Å². The Morgan fingerprint density at radius 2 is 1.42 bits per heavy atom. The first-order valence-electron chi connectivity index (χ1n) is 30.9. The van der Waals surface area contributed by atoms with Gasteiger partial charge in [-0.15, -0.1) is 14.5 Å². The number of amides is 2. The molecule has 0 spiro atoms. The maximum absolute atomic E-state index is 18.5. The van der Waals surface area contributed by atoms with Crippen LogP contribution in [0, 0.1) is 17.2 Å². The van der Waals surface area contributed by atoms with Crippen LogP contribution in [0.4, 0.5) is 16.2 Å². The number of halogens is 1. The van der Waals surface area contributed by atoms with E-state index in [0.29, 0.717) is 33.8 Å². The third-order valence-electron chi connectivity index (χ3n) is 16.6. The molecule has 7 heterocycles. The van der Waals surface area contributed by atoms with E-state index in [9.17, 15) is 29.1 Å². The molecule has 5 aromatic heterocycles. The zero-order valence-corrected chi connectivity index (χ0v) is 58.4. The van der Waals surface area contributed by atoms with E-state index in [4.69, 9.17) is 58.0 Å². The number of methoxy groups -OCH3 is 2. The number of H-pyrrole nitrogens is 1. The zero-order chi connectivity index (χ0) is 69.9. The smallest absolute Gasteiger partial charge is 0.497 e. The van der Waals surface area contributed by atoms with Gasteiger partial charge in [0.05, 0.1) is 52.9 Å². The highest BCUT2D eigenvalue weighted by Gasteiger charge is 2.57. The maximum Gasteiger partial charge on any atom is 0.695 e. The molecule has 10 atom stereocenters. The van der Waals surface area contributed by atoms with E-state index in [2.05, 4.69) is 50.8 Å². The molecule has 2 unspecified atom stereocenters. The van der Waals surface area contributed by atoms with Crippen molar-refractivity contribution < 1.29 is 69.6 Å². The monoisotopic (exact) mass is 1420 g/mol. The number of nitrogens with zero attached hydrogens (tertiary/aromatic N) is 10. The molecular formula is C65H73FN13O15P2SSi+. The van der Waals surface area contributed by atoms with Crippen LogP contribution >= 0.6 is 15.0 Å². The number of benzene rings is 4. The number of rotatable bonds is 26. The molecule has 11 rings (SSSR count). The Labute approximate surface area is 569 Å². The maximum atomic E-state index is 18.5. The van der Waals surface area contributed by atoms with Crippen molar-refractivity contribution >= 4 is 81.0 Å². The van der Waals surface area contributed by atoms with E-state index >= 15 is 4.39 Å². The number of carbonyl (C=O) groups excluding carboxylic acids is 2. The van der Waals surface area contributed by atoms with Crippen LogP contribution in [0.15, 0.2) is 157 Å². The third kappa shape index (κ3) is 16.3. The quantitative estimate of drug-likeness (QED) is 0.0169. The van der Waals surface area contributed by atoms with Gasteiger partial charge in [0.15, 0.2) is 61.2 Å². The molecule has 4 aromatic carbocycles. The number of alkyl halides is 1. The number of hydrogen-bond acceptors (Lipinski definition) is 23. The molecule has 33 heteroatoms. The summed E-state index contributed by atoms with van der Waals surface area (Å²) in [4.78, 5) is 74.1. The average molecular weight is 1420 g/mol. The number of carbonyl (C=O) groups is 2. The summed E-state index contributed by atoms with van der Waals surface area (Å²) >= 11 is 6.25. The van der Waals surface area contributed by atoms with Crippen LogP contribution in [0.3, 0.4) is 0 Å². The zero-order valence-electron chi connectivity index (χ0n) is 54.8. The van der Waals surface area contributed by atoms with Crippen molar-refractivity contribution in [1.29, 1.82) is 5.26 Å². The van der Waals surface area contributed by atoms with Gasteiger partial charge in [0, 0.05) is 28.4 Å². The lowest BCUT2D eigenvalue weighted by atomic mass is 9.80. The Hall–Kier alpha value is -8.57. The number of aromatic amines is 1. The minimum atomic E-state index is -4.43. The molecule has 2 aliphatic heterocycles. The number of fused-ring (bicyclic) bond motifs is 2. The number of pyridine rings is 1. The van der Waals surface area contributed by atoms with Crippen LogP contribution in [0.2, 0.25) is 18.1 Å². The van der Waals surface area contributed by atoms with Gasteiger partial charge in [-0.3, -0.25) is 38.8 Å². The molecule has 0 aliphatic carbocycles. The summed E-state index contributed by atoms with van der Waals surface area (Å²) in [5, 5.41) is 23.3. The highest BCUT2D eigenvalue weighted by molar-refractivity contribution is 8.07. The summed E-state index contributed by atoms with van der Waals surface area (Å²) in [5.74, 6) is -0.589. The van der Waals surface area contributed by atoms with Gasteiger partial charge < -0.3 is 42.5 Å². The van der Waals surface area contributed by atoms with E-state index in [1.54, 1.807) is 95.1 Å². The Balaban J connectivity index is 0.00000164. The Bertz CT molecular complexity index is 4290. The number of ether oxygens (including phenoxy) is 5. The lowest BCUT2D eigenvalue weighted by Crippen LogP contribution is -2.50. The van der Waals surface area contributed by atoms with Crippen molar-refractivity contribution in [3.63, 3.8) is 0 Å². The Morgan fingerprint density at radius 1 is 0.806 bits per heavy atom. The number of nitrogens with one attached hydrogen (secondary N) is 3. The predicted octanol–water partition coefficient (Wildman–Crippen LogP) is 10.4. The molecule has 0 saturated carbocycles. The van der Waals surface area contributed by atoms with Gasteiger partial charge in [-0.05, 0) is 95.2 Å². The van der Waals surface area contributed by atoms with Crippen molar-refractivity contribution in [1.82, 2.24) is 49.5 Å². The second-order valence-corrected chi connectivity index (χ2v) is 32.7. The SMILES string of the molecule is COc1ccc(C(OC[C@H]2O[C@@H](n3nnc4c(NC(=O)c5ccccc5)ncnc43)[C@@H](F)[C@@H]2OP(=S)(OCCC#N)OC[C@H]2O[C@@H](n3cnc4c(=O)[nH]c(NC(=O)C(C)C)nc43)[C@@H](O[P+](=O)O)[C@@H]2O[Si](C)(C)C(C)(C)C)(c2ccccc2)c2ccc(OC)cc2)cc1.c1ccncc1. The first kappa shape index (κ1) is 72.2. The molecule has 0 bridgehead atoms. The van der Waals surface area contributed by atoms with Crippen molar-refractivity contribution in [2.75, 3.05) is 44.7 Å². The Kier molecular flexibility index (Phi) is 23.2. The fourth-order valence-corrected chi connectivity index (χ4v) is 14.4. The summed E-state index contributed by atoms with van der Waals surface area (Å²) in [6.07, 6.45) is -7.01. The third-order valence-corrected chi connectivity index (χ3v) is 23.8. The molecule has 2 saturated heterocycles. The summed E-state index contributed by atoms with van der Waals surface area (Å²) in [5.41, 5.74) is -0.327. The van der Waals surface area contributed by atoms with Crippen LogP contribution in [-0.2, 0) is 63.5 Å². The van der Waals surface area contributed by atoms with Gasteiger partial charge in [0.2, 0.25) is 11.9 Å². The van der Waals surface area contributed by atoms with Crippen LogP contribution in [0.1, 0.15) is 80.5 Å². The normalized spacial score (nSPS) is 20.3. The van der Waals surface area contributed by atoms with Crippen LogP contribution in [-0.4, -0.2) is 145 Å². The molecular weight excluding hydrogens is 1340 g/mol. The topological polar surface area (TPSA) is 345 Å². The minimum Gasteiger partial charge on any atom is -0.497 e. The molecule has 2 fully saturated rings.